The normalized spacial score (nSPS) is 24.2. The zero-order valence-corrected chi connectivity index (χ0v) is 18.5. The fourth-order valence-corrected chi connectivity index (χ4v) is 4.42. The first kappa shape index (κ1) is 25.4. The van der Waals surface area contributed by atoms with E-state index in [-0.39, 0.29) is 17.9 Å². The van der Waals surface area contributed by atoms with Crippen molar-refractivity contribution in [3.8, 4) is 5.75 Å². The van der Waals surface area contributed by atoms with Crippen molar-refractivity contribution in [2.45, 2.75) is 49.9 Å². The average molecular weight is 453 g/mol. The van der Waals surface area contributed by atoms with Gasteiger partial charge in [0.25, 0.3) is 0 Å². The maximum Gasteiger partial charge on any atom is 0.180 e. The predicted octanol–water partition coefficient (Wildman–Crippen LogP) is 1.48. The van der Waals surface area contributed by atoms with Crippen LogP contribution in [0, 0.1) is 5.92 Å². The van der Waals surface area contributed by atoms with Crippen molar-refractivity contribution in [1.29, 1.82) is 0 Å². The maximum absolute atomic E-state index is 12.8. The number of Topliss-reactive ketones (excluding diaryl/α,β-unsaturated/α-hetero) is 1. The predicted molar refractivity (Wildman–Crippen MR) is 119 cm³/mol. The summed E-state index contributed by atoms with van der Waals surface area (Å²) in [5, 5.41) is 40.5. The van der Waals surface area contributed by atoms with E-state index < -0.39 is 40.3 Å². The number of ether oxygens (including phenoxy) is 1. The van der Waals surface area contributed by atoms with Gasteiger partial charge in [-0.3, -0.25) is 9.00 Å². The lowest BCUT2D eigenvalue weighted by Gasteiger charge is -2.30. The number of carbonyl (C=O) groups is 1. The Bertz CT molecular complexity index is 792. The molecular formula is C23H32O7S. The van der Waals surface area contributed by atoms with Gasteiger partial charge in [0, 0.05) is 12.9 Å². The SMILES string of the molecule is CS(=O)C1=CC(O)(CCCCOc2ccccc2)C(C(O)/C=C/C(O)CCCO)C1=O. The van der Waals surface area contributed by atoms with E-state index in [2.05, 4.69) is 0 Å². The molecule has 2 rings (SSSR count). The molecule has 172 valence electrons. The van der Waals surface area contributed by atoms with Crippen LogP contribution in [0.4, 0.5) is 0 Å². The molecule has 0 aliphatic heterocycles. The van der Waals surface area contributed by atoms with E-state index in [9.17, 15) is 24.3 Å². The molecule has 0 saturated heterocycles. The number of unbranched alkanes of at least 4 members (excludes halogenated alkanes) is 1. The van der Waals surface area contributed by atoms with Gasteiger partial charge in [-0.1, -0.05) is 30.4 Å². The number of carbonyl (C=O) groups excluding carboxylic acids is 1. The molecule has 4 N–H and O–H groups in total. The van der Waals surface area contributed by atoms with Crippen LogP contribution >= 0.6 is 0 Å². The van der Waals surface area contributed by atoms with Crippen LogP contribution in [0.25, 0.3) is 0 Å². The molecule has 0 spiro atoms. The van der Waals surface area contributed by atoms with Gasteiger partial charge < -0.3 is 25.2 Å². The first-order valence-corrected chi connectivity index (χ1v) is 12.0. The molecule has 1 aromatic carbocycles. The van der Waals surface area contributed by atoms with Crippen molar-refractivity contribution in [3.05, 3.63) is 53.5 Å². The maximum atomic E-state index is 12.8. The van der Waals surface area contributed by atoms with Gasteiger partial charge in [-0.15, -0.1) is 0 Å². The van der Waals surface area contributed by atoms with Crippen molar-refractivity contribution in [1.82, 2.24) is 0 Å². The first-order valence-electron chi connectivity index (χ1n) is 10.4. The lowest BCUT2D eigenvalue weighted by Crippen LogP contribution is -2.43. The number of para-hydroxylation sites is 1. The average Bonchev–Trinajstić information content (AvgIpc) is 3.02. The van der Waals surface area contributed by atoms with Crippen LogP contribution in [-0.2, 0) is 15.6 Å². The molecule has 0 amide bonds. The molecular weight excluding hydrogens is 420 g/mol. The largest absolute Gasteiger partial charge is 0.494 e. The van der Waals surface area contributed by atoms with Crippen molar-refractivity contribution < 1.29 is 34.2 Å². The molecule has 0 aromatic heterocycles. The van der Waals surface area contributed by atoms with Crippen molar-refractivity contribution >= 4 is 16.6 Å². The molecule has 0 fully saturated rings. The minimum absolute atomic E-state index is 0.00122. The smallest absolute Gasteiger partial charge is 0.180 e. The minimum Gasteiger partial charge on any atom is -0.494 e. The van der Waals surface area contributed by atoms with E-state index >= 15 is 0 Å². The summed E-state index contributed by atoms with van der Waals surface area (Å²) in [7, 11) is -1.59. The summed E-state index contributed by atoms with van der Waals surface area (Å²) in [4.78, 5) is 12.8. The fraction of sp³-hybridized carbons (Fsp3) is 0.522. The Morgan fingerprint density at radius 1 is 1.16 bits per heavy atom. The molecule has 0 radical (unpaired) electrons. The molecule has 5 atom stereocenters. The van der Waals surface area contributed by atoms with Crippen LogP contribution in [0.1, 0.15) is 32.1 Å². The third-order valence-corrected chi connectivity index (χ3v) is 6.21. The Hall–Kier alpha value is -1.84. The second kappa shape index (κ2) is 12.3. The topological polar surface area (TPSA) is 124 Å². The fourth-order valence-electron chi connectivity index (χ4n) is 3.64. The number of hydrogen-bond acceptors (Lipinski definition) is 7. The zero-order valence-electron chi connectivity index (χ0n) is 17.7. The highest BCUT2D eigenvalue weighted by Gasteiger charge is 2.50. The van der Waals surface area contributed by atoms with Crippen LogP contribution in [0.2, 0.25) is 0 Å². The van der Waals surface area contributed by atoms with Crippen LogP contribution in [0.5, 0.6) is 5.75 Å². The summed E-state index contributed by atoms with van der Waals surface area (Å²) in [6.45, 7) is 0.381. The number of benzene rings is 1. The molecule has 5 unspecified atom stereocenters. The Balaban J connectivity index is 2.00. The van der Waals surface area contributed by atoms with Crippen molar-refractivity contribution in [2.75, 3.05) is 19.5 Å². The number of hydrogen-bond donors (Lipinski definition) is 4. The summed E-state index contributed by atoms with van der Waals surface area (Å²) in [5.74, 6) is -0.993. The van der Waals surface area contributed by atoms with E-state index in [1.54, 1.807) is 0 Å². The molecule has 1 aromatic rings. The second-order valence-corrected chi connectivity index (χ2v) is 9.07. The molecule has 8 heteroatoms. The van der Waals surface area contributed by atoms with Crippen LogP contribution in [0.15, 0.2) is 53.5 Å². The summed E-state index contributed by atoms with van der Waals surface area (Å²) < 4.78 is 17.6. The van der Waals surface area contributed by atoms with E-state index in [4.69, 9.17) is 9.84 Å². The lowest BCUT2D eigenvalue weighted by atomic mass is 9.81. The number of aliphatic hydroxyl groups is 4. The van der Waals surface area contributed by atoms with Crippen LogP contribution in [0.3, 0.4) is 0 Å². The number of aliphatic hydroxyl groups excluding tert-OH is 3. The summed E-state index contributed by atoms with van der Waals surface area (Å²) in [6, 6.07) is 9.34. The van der Waals surface area contributed by atoms with Crippen LogP contribution < -0.4 is 4.74 Å². The monoisotopic (exact) mass is 452 g/mol. The Kier molecular flexibility index (Phi) is 10.1. The minimum atomic E-state index is -1.63. The highest BCUT2D eigenvalue weighted by molar-refractivity contribution is 7.89. The van der Waals surface area contributed by atoms with E-state index in [1.165, 1.54) is 24.5 Å². The summed E-state index contributed by atoms with van der Waals surface area (Å²) in [5.41, 5.74) is -1.63. The lowest BCUT2D eigenvalue weighted by molar-refractivity contribution is -0.127. The van der Waals surface area contributed by atoms with Gasteiger partial charge in [-0.05, 0) is 50.3 Å². The third-order valence-electron chi connectivity index (χ3n) is 5.27. The van der Waals surface area contributed by atoms with Gasteiger partial charge in [0.1, 0.15) is 5.75 Å². The van der Waals surface area contributed by atoms with Gasteiger partial charge in [0.2, 0.25) is 0 Å². The second-order valence-electron chi connectivity index (χ2n) is 7.72. The summed E-state index contributed by atoms with van der Waals surface area (Å²) in [6.07, 6.45) is 5.14. The number of rotatable bonds is 13. The first-order chi connectivity index (χ1) is 14.8. The molecule has 7 nitrogen and oxygen atoms in total. The van der Waals surface area contributed by atoms with Gasteiger partial charge in [0.15, 0.2) is 5.78 Å². The Morgan fingerprint density at radius 3 is 2.52 bits per heavy atom. The standard InChI is InChI=1S/C23H32O7S/c1-31(29)20-16-23(28,13-5-6-15-30-18-9-3-2-4-10-18)21(22(20)27)19(26)12-11-17(25)8-7-14-24/h2-4,9-12,16-17,19,21,24-26,28H,5-8,13-15H2,1H3/b12-11+. The van der Waals surface area contributed by atoms with Crippen molar-refractivity contribution in [2.24, 2.45) is 5.92 Å². The zero-order chi connectivity index (χ0) is 22.9. The molecule has 0 heterocycles. The molecule has 1 aliphatic carbocycles. The quantitative estimate of drug-likeness (QED) is 0.264. The van der Waals surface area contributed by atoms with E-state index in [0.717, 1.165) is 5.75 Å². The Labute approximate surface area is 185 Å². The van der Waals surface area contributed by atoms with E-state index in [0.29, 0.717) is 32.3 Å². The van der Waals surface area contributed by atoms with Crippen LogP contribution in [-0.4, -0.2) is 67.7 Å². The third kappa shape index (κ3) is 7.36. The molecule has 0 saturated carbocycles. The molecule has 0 bridgehead atoms. The highest BCUT2D eigenvalue weighted by atomic mass is 32.2. The molecule has 31 heavy (non-hydrogen) atoms. The number of ketones is 1. The van der Waals surface area contributed by atoms with Gasteiger partial charge in [0.05, 0.1) is 46.0 Å². The Morgan fingerprint density at radius 2 is 1.87 bits per heavy atom. The number of allylic oxidation sites excluding steroid dienone is 1. The summed E-state index contributed by atoms with van der Waals surface area (Å²) >= 11 is 0. The van der Waals surface area contributed by atoms with Crippen molar-refractivity contribution in [3.63, 3.8) is 0 Å². The van der Waals surface area contributed by atoms with Gasteiger partial charge >= 0.3 is 0 Å². The van der Waals surface area contributed by atoms with Gasteiger partial charge in [-0.2, -0.15) is 0 Å². The van der Waals surface area contributed by atoms with E-state index in [1.807, 2.05) is 30.3 Å². The highest BCUT2D eigenvalue weighted by Crippen LogP contribution is 2.39. The molecule has 1 aliphatic rings. The van der Waals surface area contributed by atoms with Gasteiger partial charge in [-0.25, -0.2) is 0 Å².